The van der Waals surface area contributed by atoms with Gasteiger partial charge in [0.25, 0.3) is 5.56 Å². The lowest BCUT2D eigenvalue weighted by Gasteiger charge is -2.20. The van der Waals surface area contributed by atoms with E-state index < -0.39 is 64.6 Å². The van der Waals surface area contributed by atoms with Crippen molar-refractivity contribution < 1.29 is 47.2 Å². The van der Waals surface area contributed by atoms with Crippen LogP contribution in [-0.2, 0) is 27.2 Å². The fourth-order valence-corrected chi connectivity index (χ4v) is 4.42. The van der Waals surface area contributed by atoms with Crippen LogP contribution in [0.1, 0.15) is 6.23 Å². The number of rotatable bonds is 9. The molecule has 5 atom stereocenters. The van der Waals surface area contributed by atoms with Crippen LogP contribution < -0.4 is 17.0 Å². The first-order valence-electron chi connectivity index (χ1n) is 7.65. The summed E-state index contributed by atoms with van der Waals surface area (Å²) in [6, 6.07) is 0.983. The van der Waals surface area contributed by atoms with Gasteiger partial charge in [0.1, 0.15) is 18.3 Å². The Bertz CT molecular complexity index is 880. The summed E-state index contributed by atoms with van der Waals surface area (Å²) in [5.74, 6) is 0. The number of aliphatic hydroxyl groups is 2. The maximum atomic E-state index is 12.3. The molecule has 17 heteroatoms. The van der Waals surface area contributed by atoms with E-state index >= 15 is 0 Å². The first-order valence-corrected chi connectivity index (χ1v) is 10.6. The third-order valence-corrected chi connectivity index (χ3v) is 6.05. The number of nitrogens with zero attached hydrogens (tertiary/aromatic N) is 1. The van der Waals surface area contributed by atoms with Crippen molar-refractivity contribution >= 4 is 15.6 Å². The predicted octanol–water partition coefficient (Wildman–Crippen LogP) is -2.63. The van der Waals surface area contributed by atoms with Gasteiger partial charge < -0.3 is 30.5 Å². The molecule has 1 aliphatic rings. The summed E-state index contributed by atoms with van der Waals surface area (Å²) in [6.07, 6.45) is -5.10. The summed E-state index contributed by atoms with van der Waals surface area (Å²) in [4.78, 5) is 42.5. The standard InChI is InChI=1S/C11H19N3O12P2/c12-2-4-23-28(22,26-27(19,20)21)24-5-6-8(16)9(17)10(25-6)14-3-1-7(15)13-11(14)18/h1,3,6,8-10,16-17H,2,4-5,12H2,(H,13,15,18)(H2,19,20,21)/t6-,8-,9-,10-,28?/m1/s1. The lowest BCUT2D eigenvalue weighted by Crippen LogP contribution is -2.37. The molecule has 2 rings (SSSR count). The zero-order valence-corrected chi connectivity index (χ0v) is 15.8. The molecule has 0 aromatic carbocycles. The number of nitrogens with two attached hydrogens (primary N) is 1. The second-order valence-corrected chi connectivity index (χ2v) is 8.55. The highest BCUT2D eigenvalue weighted by atomic mass is 31.3. The van der Waals surface area contributed by atoms with E-state index in [1.807, 2.05) is 4.98 Å². The fraction of sp³-hybridized carbons (Fsp3) is 0.636. The van der Waals surface area contributed by atoms with Crippen molar-refractivity contribution in [2.24, 2.45) is 5.73 Å². The van der Waals surface area contributed by atoms with Gasteiger partial charge in [-0.05, 0) is 0 Å². The van der Waals surface area contributed by atoms with E-state index in [4.69, 9.17) is 24.8 Å². The molecule has 2 heterocycles. The number of aromatic nitrogens is 2. The van der Waals surface area contributed by atoms with Crippen LogP contribution in [0.4, 0.5) is 0 Å². The van der Waals surface area contributed by atoms with Crippen molar-refractivity contribution in [3.63, 3.8) is 0 Å². The molecule has 28 heavy (non-hydrogen) atoms. The van der Waals surface area contributed by atoms with E-state index in [2.05, 4.69) is 8.83 Å². The maximum absolute atomic E-state index is 12.3. The minimum atomic E-state index is -5.27. The van der Waals surface area contributed by atoms with Gasteiger partial charge in [-0.15, -0.1) is 0 Å². The molecule has 1 saturated heterocycles. The largest absolute Gasteiger partial charge is 0.483 e. The second kappa shape index (κ2) is 9.07. The smallest absolute Gasteiger partial charge is 0.387 e. The third kappa shape index (κ3) is 5.89. The van der Waals surface area contributed by atoms with E-state index in [1.165, 1.54) is 0 Å². The van der Waals surface area contributed by atoms with Crippen LogP contribution in [0.5, 0.6) is 0 Å². The Hall–Kier alpha value is -1.22. The van der Waals surface area contributed by atoms with E-state index in [-0.39, 0.29) is 6.54 Å². The van der Waals surface area contributed by atoms with Crippen LogP contribution in [0.2, 0.25) is 0 Å². The van der Waals surface area contributed by atoms with Crippen molar-refractivity contribution in [1.29, 1.82) is 0 Å². The normalized spacial score (nSPS) is 27.6. The molecule has 0 aliphatic carbocycles. The number of nitrogens with one attached hydrogen (secondary N) is 1. The molecule has 160 valence electrons. The maximum Gasteiger partial charge on any atom is 0.483 e. The number of aliphatic hydroxyl groups excluding tert-OH is 2. The Morgan fingerprint density at radius 3 is 2.46 bits per heavy atom. The molecule has 1 unspecified atom stereocenters. The predicted molar refractivity (Wildman–Crippen MR) is 88.9 cm³/mol. The lowest BCUT2D eigenvalue weighted by atomic mass is 10.1. The van der Waals surface area contributed by atoms with Crippen LogP contribution in [-0.4, -0.2) is 67.6 Å². The minimum absolute atomic E-state index is 0.170. The van der Waals surface area contributed by atoms with Gasteiger partial charge in [0, 0.05) is 18.8 Å². The molecule has 15 nitrogen and oxygen atoms in total. The van der Waals surface area contributed by atoms with Crippen molar-refractivity contribution in [1.82, 2.24) is 9.55 Å². The van der Waals surface area contributed by atoms with E-state index in [0.29, 0.717) is 0 Å². The molecule has 0 amide bonds. The summed E-state index contributed by atoms with van der Waals surface area (Å²) in [5, 5.41) is 20.1. The van der Waals surface area contributed by atoms with Gasteiger partial charge >= 0.3 is 21.3 Å². The quantitative estimate of drug-likeness (QED) is 0.213. The molecule has 0 bridgehead atoms. The molecule has 0 spiro atoms. The van der Waals surface area contributed by atoms with Crippen LogP contribution in [0.15, 0.2) is 21.9 Å². The highest BCUT2D eigenvalue weighted by Crippen LogP contribution is 2.61. The van der Waals surface area contributed by atoms with Gasteiger partial charge in [-0.1, -0.05) is 0 Å². The van der Waals surface area contributed by atoms with Gasteiger partial charge in [-0.3, -0.25) is 23.4 Å². The average Bonchev–Trinajstić information content (AvgIpc) is 2.85. The highest BCUT2D eigenvalue weighted by molar-refractivity contribution is 7.61. The molecule has 7 N–H and O–H groups in total. The summed E-state index contributed by atoms with van der Waals surface area (Å²) in [6.45, 7) is -1.39. The van der Waals surface area contributed by atoms with Crippen LogP contribution in [0, 0.1) is 0 Å². The number of hydrogen-bond acceptors (Lipinski definition) is 11. The third-order valence-electron chi connectivity index (χ3n) is 3.43. The van der Waals surface area contributed by atoms with Gasteiger partial charge in [-0.25, -0.2) is 13.9 Å². The Morgan fingerprint density at radius 2 is 1.89 bits per heavy atom. The van der Waals surface area contributed by atoms with E-state index in [0.717, 1.165) is 16.8 Å². The number of phosphoric ester groups is 1. The summed E-state index contributed by atoms with van der Waals surface area (Å²) >= 11 is 0. The summed E-state index contributed by atoms with van der Waals surface area (Å²) in [5.41, 5.74) is 3.54. The molecule has 1 aromatic heterocycles. The Kier molecular flexibility index (Phi) is 7.47. The van der Waals surface area contributed by atoms with Gasteiger partial charge in [0.2, 0.25) is 0 Å². The molecular weight excluding hydrogens is 428 g/mol. The zero-order valence-electron chi connectivity index (χ0n) is 14.1. The highest BCUT2D eigenvalue weighted by Gasteiger charge is 2.46. The van der Waals surface area contributed by atoms with Gasteiger partial charge in [0.15, 0.2) is 6.23 Å². The van der Waals surface area contributed by atoms with Crippen molar-refractivity contribution in [2.45, 2.75) is 24.5 Å². The first-order chi connectivity index (χ1) is 13.0. The molecule has 1 fully saturated rings. The van der Waals surface area contributed by atoms with Crippen LogP contribution >= 0.6 is 15.6 Å². The van der Waals surface area contributed by atoms with Crippen molar-refractivity contribution in [3.8, 4) is 0 Å². The van der Waals surface area contributed by atoms with Gasteiger partial charge in [-0.2, -0.15) is 4.31 Å². The summed E-state index contributed by atoms with van der Waals surface area (Å²) in [7, 11) is -10.1. The Labute approximate surface area is 156 Å². The SMILES string of the molecule is NCCOP(=O)(OC[C@H]1O[C@@H](n2ccc(=O)[nH]c2=O)[C@H](O)[C@@H]1O)OP(=O)(O)O. The Morgan fingerprint density at radius 1 is 1.21 bits per heavy atom. The topological polar surface area (TPSA) is 233 Å². The number of H-pyrrole nitrogens is 1. The number of aromatic amines is 1. The molecular formula is C11H19N3O12P2. The zero-order chi connectivity index (χ0) is 21.1. The first kappa shape index (κ1) is 23.1. The number of hydrogen-bond donors (Lipinski definition) is 6. The molecule has 0 radical (unpaired) electrons. The number of phosphoric acid groups is 2. The second-order valence-electron chi connectivity index (χ2n) is 5.50. The average molecular weight is 447 g/mol. The molecule has 0 saturated carbocycles. The molecule has 1 aliphatic heterocycles. The van der Waals surface area contributed by atoms with E-state index in [9.17, 15) is 28.9 Å². The fourth-order valence-electron chi connectivity index (χ4n) is 2.27. The van der Waals surface area contributed by atoms with Crippen molar-refractivity contribution in [3.05, 3.63) is 33.1 Å². The van der Waals surface area contributed by atoms with Crippen LogP contribution in [0.25, 0.3) is 0 Å². The minimum Gasteiger partial charge on any atom is -0.387 e. The molecule has 1 aromatic rings. The van der Waals surface area contributed by atoms with Crippen LogP contribution in [0.3, 0.4) is 0 Å². The number of ether oxygens (including phenoxy) is 1. The van der Waals surface area contributed by atoms with Gasteiger partial charge in [0.05, 0.1) is 13.2 Å². The summed E-state index contributed by atoms with van der Waals surface area (Å²) < 4.78 is 42.7. The monoisotopic (exact) mass is 447 g/mol. The van der Waals surface area contributed by atoms with Crippen molar-refractivity contribution in [2.75, 3.05) is 19.8 Å². The lowest BCUT2D eigenvalue weighted by molar-refractivity contribution is -0.0551. The Balaban J connectivity index is 2.12. The van der Waals surface area contributed by atoms with E-state index in [1.54, 1.807) is 0 Å².